The van der Waals surface area contributed by atoms with E-state index in [9.17, 15) is 4.79 Å². The number of carbonyl (C=O) groups is 1. The summed E-state index contributed by atoms with van der Waals surface area (Å²) in [7, 11) is 1.94. The molecule has 4 nitrogen and oxygen atoms in total. The van der Waals surface area contributed by atoms with Crippen LogP contribution in [0.5, 0.6) is 0 Å². The first-order valence-electron chi connectivity index (χ1n) is 7.99. The van der Waals surface area contributed by atoms with Crippen molar-refractivity contribution in [2.24, 2.45) is 13.0 Å². The van der Waals surface area contributed by atoms with Gasteiger partial charge in [0, 0.05) is 31.4 Å². The van der Waals surface area contributed by atoms with Crippen molar-refractivity contribution in [1.82, 2.24) is 15.1 Å². The van der Waals surface area contributed by atoms with E-state index in [0.29, 0.717) is 18.2 Å². The highest BCUT2D eigenvalue weighted by molar-refractivity contribution is 5.84. The molecule has 0 bridgehead atoms. The van der Waals surface area contributed by atoms with E-state index in [1.807, 2.05) is 17.8 Å². The summed E-state index contributed by atoms with van der Waals surface area (Å²) in [6.45, 7) is 0. The van der Waals surface area contributed by atoms with E-state index >= 15 is 0 Å². The summed E-state index contributed by atoms with van der Waals surface area (Å²) >= 11 is 0. The van der Waals surface area contributed by atoms with Gasteiger partial charge in [-0.25, -0.2) is 0 Å². The number of nitrogens with one attached hydrogen (secondary N) is 1. The number of aromatic nitrogens is 2. The molecule has 110 valence electrons. The van der Waals surface area contributed by atoms with Crippen molar-refractivity contribution >= 4 is 5.78 Å². The molecule has 4 heteroatoms. The average molecular weight is 275 g/mol. The number of nitrogens with zero attached hydrogens (tertiary/aromatic N) is 2. The fourth-order valence-corrected chi connectivity index (χ4v) is 3.82. The lowest BCUT2D eigenvalue weighted by atomic mass is 9.77. The lowest BCUT2D eigenvalue weighted by Crippen LogP contribution is -2.52. The number of hydrogen-bond acceptors (Lipinski definition) is 3. The van der Waals surface area contributed by atoms with E-state index in [0.717, 1.165) is 24.5 Å². The molecule has 0 amide bonds. The van der Waals surface area contributed by atoms with Gasteiger partial charge in [-0.15, -0.1) is 0 Å². The standard InChI is InChI=1S/C16H25N3O/c1-19-13(10-11-17-19)7-9-16(20)15-8-6-12-4-2-3-5-14(12)18-15/h10-12,14-15,18H,2-9H2,1H3. The van der Waals surface area contributed by atoms with Gasteiger partial charge >= 0.3 is 0 Å². The van der Waals surface area contributed by atoms with Crippen LogP contribution in [0.15, 0.2) is 12.3 Å². The van der Waals surface area contributed by atoms with Crippen molar-refractivity contribution in [3.63, 3.8) is 0 Å². The first-order chi connectivity index (χ1) is 9.74. The average Bonchev–Trinajstić information content (AvgIpc) is 2.89. The first kappa shape index (κ1) is 13.8. The highest BCUT2D eigenvalue weighted by atomic mass is 16.1. The monoisotopic (exact) mass is 275 g/mol. The van der Waals surface area contributed by atoms with Crippen molar-refractivity contribution in [2.45, 2.75) is 63.5 Å². The SMILES string of the molecule is Cn1nccc1CCC(=O)C1CCC2CCCCC2N1. The maximum Gasteiger partial charge on any atom is 0.150 e. The number of aryl methyl sites for hydroxylation is 2. The van der Waals surface area contributed by atoms with Crippen LogP contribution in [0.2, 0.25) is 0 Å². The van der Waals surface area contributed by atoms with Crippen LogP contribution in [0.25, 0.3) is 0 Å². The molecule has 1 aliphatic heterocycles. The summed E-state index contributed by atoms with van der Waals surface area (Å²) in [5.74, 6) is 1.21. The Morgan fingerprint density at radius 1 is 1.35 bits per heavy atom. The van der Waals surface area contributed by atoms with E-state index in [1.165, 1.54) is 32.1 Å². The molecular weight excluding hydrogens is 250 g/mol. The van der Waals surface area contributed by atoms with Crippen molar-refractivity contribution < 1.29 is 4.79 Å². The maximum atomic E-state index is 12.4. The molecule has 2 fully saturated rings. The third-order valence-corrected chi connectivity index (χ3v) is 5.09. The molecule has 1 aliphatic carbocycles. The Hall–Kier alpha value is -1.16. The highest BCUT2D eigenvalue weighted by Crippen LogP contribution is 2.32. The van der Waals surface area contributed by atoms with Gasteiger partial charge in [-0.2, -0.15) is 5.10 Å². The summed E-state index contributed by atoms with van der Waals surface area (Å²) in [5.41, 5.74) is 1.14. The van der Waals surface area contributed by atoms with Crippen molar-refractivity contribution in [3.8, 4) is 0 Å². The quantitative estimate of drug-likeness (QED) is 0.916. The summed E-state index contributed by atoms with van der Waals surface area (Å²) in [6.07, 6.45) is 10.8. The molecule has 2 heterocycles. The topological polar surface area (TPSA) is 46.9 Å². The number of fused-ring (bicyclic) bond motifs is 1. The molecule has 0 spiro atoms. The number of Topliss-reactive ketones (excluding diaryl/α,β-unsaturated/α-hetero) is 1. The van der Waals surface area contributed by atoms with Gasteiger partial charge in [0.05, 0.1) is 6.04 Å². The van der Waals surface area contributed by atoms with Crippen molar-refractivity contribution in [2.75, 3.05) is 0 Å². The summed E-state index contributed by atoms with van der Waals surface area (Å²) in [6, 6.07) is 2.70. The molecular formula is C16H25N3O. The third kappa shape index (κ3) is 2.95. The van der Waals surface area contributed by atoms with Gasteiger partial charge in [0.15, 0.2) is 0 Å². The number of carbonyl (C=O) groups excluding carboxylic acids is 1. The first-order valence-corrected chi connectivity index (χ1v) is 7.99. The fourth-order valence-electron chi connectivity index (χ4n) is 3.82. The third-order valence-electron chi connectivity index (χ3n) is 5.09. The Morgan fingerprint density at radius 3 is 3.00 bits per heavy atom. The summed E-state index contributed by atoms with van der Waals surface area (Å²) in [4.78, 5) is 12.4. The number of hydrogen-bond donors (Lipinski definition) is 1. The van der Waals surface area contributed by atoms with Gasteiger partial charge < -0.3 is 5.32 Å². The van der Waals surface area contributed by atoms with Gasteiger partial charge in [-0.3, -0.25) is 9.48 Å². The molecule has 3 rings (SSSR count). The smallest absolute Gasteiger partial charge is 0.150 e. The Morgan fingerprint density at radius 2 is 2.20 bits per heavy atom. The molecule has 1 N–H and O–H groups in total. The van der Waals surface area contributed by atoms with Gasteiger partial charge in [0.2, 0.25) is 0 Å². The highest BCUT2D eigenvalue weighted by Gasteiger charge is 2.33. The molecule has 20 heavy (non-hydrogen) atoms. The van der Waals surface area contributed by atoms with Crippen LogP contribution < -0.4 is 5.32 Å². The molecule has 3 atom stereocenters. The summed E-state index contributed by atoms with van der Waals surface area (Å²) in [5, 5.41) is 7.78. The second-order valence-corrected chi connectivity index (χ2v) is 6.36. The van der Waals surface area contributed by atoms with Crippen LogP contribution >= 0.6 is 0 Å². The van der Waals surface area contributed by atoms with E-state index in [-0.39, 0.29) is 6.04 Å². The molecule has 1 aromatic rings. The Labute approximate surface area is 120 Å². The maximum absolute atomic E-state index is 12.4. The predicted octanol–water partition coefficient (Wildman–Crippen LogP) is 2.23. The van der Waals surface area contributed by atoms with E-state index in [4.69, 9.17) is 0 Å². The minimum atomic E-state index is 0.0996. The van der Waals surface area contributed by atoms with Gasteiger partial charge in [0.1, 0.15) is 5.78 Å². The second kappa shape index (κ2) is 6.08. The van der Waals surface area contributed by atoms with Crippen LogP contribution in [0, 0.1) is 5.92 Å². The Kier molecular flexibility index (Phi) is 4.20. The lowest BCUT2D eigenvalue weighted by Gasteiger charge is -2.40. The van der Waals surface area contributed by atoms with Crippen LogP contribution in [0.3, 0.4) is 0 Å². The normalized spacial score (nSPS) is 29.9. The Bertz CT molecular complexity index is 468. The zero-order chi connectivity index (χ0) is 13.9. The largest absolute Gasteiger partial charge is 0.304 e. The van der Waals surface area contributed by atoms with Crippen LogP contribution in [0.1, 0.15) is 50.6 Å². The molecule has 1 saturated heterocycles. The van der Waals surface area contributed by atoms with Crippen molar-refractivity contribution in [3.05, 3.63) is 18.0 Å². The fraction of sp³-hybridized carbons (Fsp3) is 0.750. The molecule has 2 aliphatic rings. The number of ketones is 1. The van der Waals surface area contributed by atoms with E-state index < -0.39 is 0 Å². The number of piperidine rings is 1. The van der Waals surface area contributed by atoms with Gasteiger partial charge in [-0.1, -0.05) is 12.8 Å². The number of rotatable bonds is 4. The zero-order valence-electron chi connectivity index (χ0n) is 12.3. The van der Waals surface area contributed by atoms with Crippen LogP contribution in [-0.2, 0) is 18.3 Å². The van der Waals surface area contributed by atoms with Crippen LogP contribution in [0.4, 0.5) is 0 Å². The second-order valence-electron chi connectivity index (χ2n) is 6.36. The minimum Gasteiger partial charge on any atom is -0.304 e. The van der Waals surface area contributed by atoms with Gasteiger partial charge in [0.25, 0.3) is 0 Å². The Balaban J connectivity index is 1.51. The molecule has 1 aromatic heterocycles. The molecule has 3 unspecified atom stereocenters. The predicted molar refractivity (Wildman–Crippen MR) is 78.4 cm³/mol. The minimum absolute atomic E-state index is 0.0996. The van der Waals surface area contributed by atoms with E-state index in [1.54, 1.807) is 6.20 Å². The van der Waals surface area contributed by atoms with Crippen molar-refractivity contribution in [1.29, 1.82) is 0 Å². The molecule has 0 radical (unpaired) electrons. The van der Waals surface area contributed by atoms with Crippen LogP contribution in [-0.4, -0.2) is 27.6 Å². The molecule has 1 saturated carbocycles. The molecule has 0 aromatic carbocycles. The summed E-state index contributed by atoms with van der Waals surface area (Å²) < 4.78 is 1.86. The van der Waals surface area contributed by atoms with Gasteiger partial charge in [-0.05, 0) is 44.1 Å². The lowest BCUT2D eigenvalue weighted by molar-refractivity contribution is -0.122. The van der Waals surface area contributed by atoms with E-state index in [2.05, 4.69) is 10.4 Å². The zero-order valence-corrected chi connectivity index (χ0v) is 12.3.